The van der Waals surface area contributed by atoms with Gasteiger partial charge in [0.05, 0.1) is 22.5 Å². The Hall–Kier alpha value is -2.16. The maximum Gasteiger partial charge on any atom is 0.350 e. The Morgan fingerprint density at radius 2 is 1.40 bits per heavy atom. The maximum absolute atomic E-state index is 13.5. The molecule has 0 atom stereocenters. The Labute approximate surface area is 177 Å². The van der Waals surface area contributed by atoms with Gasteiger partial charge in [-0.3, -0.25) is 23.5 Å². The van der Waals surface area contributed by atoms with Gasteiger partial charge in [0.25, 0.3) is 0 Å². The highest BCUT2D eigenvalue weighted by atomic mass is 32.2. The Morgan fingerprint density at radius 3 is 2.00 bits per heavy atom. The topological polar surface area (TPSA) is 26.3 Å². The quantitative estimate of drug-likeness (QED) is 0.211. The van der Waals surface area contributed by atoms with Crippen LogP contribution in [0.15, 0.2) is 53.4 Å². The first kappa shape index (κ1) is 35.3. The number of halogens is 6. The smallest absolute Gasteiger partial charge is 0.350 e. The van der Waals surface area contributed by atoms with Crippen molar-refractivity contribution in [1.29, 1.82) is 0 Å². The maximum atomic E-state index is 13.5. The van der Waals surface area contributed by atoms with Crippen LogP contribution in [0.5, 0.6) is 0 Å². The Morgan fingerprint density at radius 1 is 0.833 bits per heavy atom. The third-order valence-electron chi connectivity index (χ3n) is 4.05. The highest BCUT2D eigenvalue weighted by Gasteiger charge is 2.10. The molecule has 30 heavy (non-hydrogen) atoms. The number of carbonyl (C=O) groups excluding carboxylic acids is 1. The summed E-state index contributed by atoms with van der Waals surface area (Å²) in [6.07, 6.45) is 8.67. The second kappa shape index (κ2) is 20.1. The number of rotatable bonds is 10. The number of unbranched alkanes of at least 4 members (excludes halogenated alkanes) is 5. The van der Waals surface area contributed by atoms with Crippen LogP contribution >= 0.6 is 12.0 Å². The van der Waals surface area contributed by atoms with Crippen LogP contribution in [0.25, 0.3) is 0 Å². The molecule has 9 heteroatoms. The zero-order valence-corrected chi connectivity index (χ0v) is 17.5. The lowest BCUT2D eigenvalue weighted by Gasteiger charge is -2.05. The predicted octanol–water partition coefficient (Wildman–Crippen LogP) is 7.36. The lowest BCUT2D eigenvalue weighted by molar-refractivity contribution is 0.0768. The van der Waals surface area contributed by atoms with Gasteiger partial charge in [-0.05, 0) is 42.7 Å². The van der Waals surface area contributed by atoms with E-state index in [2.05, 4.69) is 6.92 Å². The molecule has 2 rings (SSSR count). The van der Waals surface area contributed by atoms with Crippen molar-refractivity contribution in [2.45, 2.75) is 56.8 Å². The zero-order valence-electron chi connectivity index (χ0n) is 16.7. The molecule has 174 valence electrons. The van der Waals surface area contributed by atoms with Crippen LogP contribution in [-0.4, -0.2) is 5.97 Å². The van der Waals surface area contributed by atoms with E-state index in [1.807, 2.05) is 12.1 Å². The van der Waals surface area contributed by atoms with Crippen LogP contribution in [0.1, 0.15) is 61.4 Å². The fourth-order valence-electron chi connectivity index (χ4n) is 2.56. The van der Waals surface area contributed by atoms with Gasteiger partial charge < -0.3 is 4.18 Å². The highest BCUT2D eigenvalue weighted by Crippen LogP contribution is 2.23. The minimum absolute atomic E-state index is 0. The summed E-state index contributed by atoms with van der Waals surface area (Å²) in [6.45, 7) is 2.22. The third kappa shape index (κ3) is 12.4. The molecule has 0 radical (unpaired) electrons. The molecule has 0 saturated heterocycles. The van der Waals surface area contributed by atoms with E-state index < -0.39 is 11.8 Å². The lowest BCUT2D eigenvalue weighted by atomic mass is 10.0. The van der Waals surface area contributed by atoms with E-state index in [9.17, 15) is 9.18 Å². The van der Waals surface area contributed by atoms with Gasteiger partial charge >= 0.3 is 5.97 Å². The van der Waals surface area contributed by atoms with Gasteiger partial charge in [-0.15, -0.1) is 0 Å². The first-order valence-electron chi connectivity index (χ1n) is 8.93. The van der Waals surface area contributed by atoms with E-state index in [0.717, 1.165) is 18.5 Å². The van der Waals surface area contributed by atoms with Crippen molar-refractivity contribution in [2.24, 2.45) is 0 Å². The molecule has 2 nitrogen and oxygen atoms in total. The summed E-state index contributed by atoms with van der Waals surface area (Å²) in [6, 6.07) is 13.7. The van der Waals surface area contributed by atoms with Crippen molar-refractivity contribution < 1.29 is 36.9 Å². The second-order valence-electron chi connectivity index (χ2n) is 6.10. The SMILES string of the molecule is CCCCCCCCc1ccc(C(=O)OSc2ccccc2F)cc1.F.F.F.F.F. The number of benzene rings is 2. The van der Waals surface area contributed by atoms with E-state index in [-0.39, 0.29) is 23.5 Å². The molecule has 2 aromatic carbocycles. The van der Waals surface area contributed by atoms with Gasteiger partial charge in [0.2, 0.25) is 0 Å². The molecule has 0 aliphatic carbocycles. The third-order valence-corrected chi connectivity index (χ3v) is 4.80. The molecule has 0 amide bonds. The molecular formula is C21H30F6O2S. The molecule has 0 aromatic heterocycles. The molecule has 0 bridgehead atoms. The number of hydrogen-bond donors (Lipinski definition) is 0. The molecule has 0 N–H and O–H groups in total. The van der Waals surface area contributed by atoms with E-state index in [1.54, 1.807) is 30.3 Å². The van der Waals surface area contributed by atoms with Crippen molar-refractivity contribution >= 4 is 18.0 Å². The molecule has 0 heterocycles. The summed E-state index contributed by atoms with van der Waals surface area (Å²) in [5.41, 5.74) is 1.71. The highest BCUT2D eigenvalue weighted by molar-refractivity contribution is 7.95. The van der Waals surface area contributed by atoms with Gasteiger partial charge in [0, 0.05) is 0 Å². The van der Waals surface area contributed by atoms with Crippen molar-refractivity contribution in [2.75, 3.05) is 0 Å². The van der Waals surface area contributed by atoms with Crippen LogP contribution < -0.4 is 0 Å². The van der Waals surface area contributed by atoms with Crippen molar-refractivity contribution in [3.8, 4) is 0 Å². The van der Waals surface area contributed by atoms with Crippen molar-refractivity contribution in [1.82, 2.24) is 0 Å². The summed E-state index contributed by atoms with van der Waals surface area (Å²) in [4.78, 5) is 12.3. The standard InChI is InChI=1S/C21H25FO2S.5FH/c1-2-3-4-5-6-7-10-17-13-15-18(16-14-17)21(23)24-25-20-12-9-8-11-19(20)22;;;;;/h8-9,11-16H,2-7,10H2,1H3;5*1H. The first-order valence-corrected chi connectivity index (χ1v) is 9.67. The second-order valence-corrected chi connectivity index (χ2v) is 6.87. The monoisotopic (exact) mass is 460 g/mol. The normalized spacial score (nSPS) is 8.87. The van der Waals surface area contributed by atoms with Crippen molar-refractivity contribution in [3.05, 3.63) is 65.5 Å². The molecule has 0 aliphatic rings. The summed E-state index contributed by atoms with van der Waals surface area (Å²) in [5, 5.41) is 0. The first-order chi connectivity index (χ1) is 12.2. The molecule has 0 unspecified atom stereocenters. The van der Waals surface area contributed by atoms with E-state index in [0.29, 0.717) is 10.5 Å². The predicted molar refractivity (Wildman–Crippen MR) is 114 cm³/mol. The average Bonchev–Trinajstić information content (AvgIpc) is 2.64. The van der Waals surface area contributed by atoms with Crippen LogP contribution in [-0.2, 0) is 10.6 Å². The molecule has 0 fully saturated rings. The van der Waals surface area contributed by atoms with Gasteiger partial charge in [-0.25, -0.2) is 9.18 Å². The van der Waals surface area contributed by atoms with E-state index >= 15 is 0 Å². The molecule has 0 saturated carbocycles. The molecular weight excluding hydrogens is 430 g/mol. The van der Waals surface area contributed by atoms with Crippen LogP contribution in [0.4, 0.5) is 27.9 Å². The minimum Gasteiger partial charge on any atom is -0.382 e. The van der Waals surface area contributed by atoms with Gasteiger partial charge in [0.1, 0.15) is 5.82 Å². The van der Waals surface area contributed by atoms with E-state index in [4.69, 9.17) is 4.18 Å². The van der Waals surface area contributed by atoms with Crippen LogP contribution in [0.2, 0.25) is 0 Å². The zero-order chi connectivity index (χ0) is 17.9. The Bertz CT molecular complexity index is 671. The molecule has 0 aliphatic heterocycles. The number of carbonyl (C=O) groups is 1. The molecule has 0 spiro atoms. The summed E-state index contributed by atoms with van der Waals surface area (Å²) >= 11 is 0.753. The summed E-state index contributed by atoms with van der Waals surface area (Å²) in [5.74, 6) is -0.853. The number of hydrogen-bond acceptors (Lipinski definition) is 3. The number of aryl methyl sites for hydroxylation is 1. The van der Waals surface area contributed by atoms with Gasteiger partial charge in [-0.1, -0.05) is 63.3 Å². The Balaban J connectivity index is -0.000000676. The molecule has 2 aromatic rings. The van der Waals surface area contributed by atoms with Crippen LogP contribution in [0.3, 0.4) is 0 Å². The van der Waals surface area contributed by atoms with Crippen molar-refractivity contribution in [3.63, 3.8) is 0 Å². The van der Waals surface area contributed by atoms with Gasteiger partial charge in [0.15, 0.2) is 0 Å². The summed E-state index contributed by atoms with van der Waals surface area (Å²) in [7, 11) is 0. The lowest BCUT2D eigenvalue weighted by Crippen LogP contribution is -2.00. The summed E-state index contributed by atoms with van der Waals surface area (Å²) < 4.78 is 18.6. The average molecular weight is 461 g/mol. The minimum atomic E-state index is -0.459. The van der Waals surface area contributed by atoms with Gasteiger partial charge in [-0.2, -0.15) is 0 Å². The Kier molecular flexibility index (Phi) is 23.7. The largest absolute Gasteiger partial charge is 0.382 e. The van der Waals surface area contributed by atoms with E-state index in [1.165, 1.54) is 50.2 Å². The fraction of sp³-hybridized carbons (Fsp3) is 0.381. The fourth-order valence-corrected chi connectivity index (χ4v) is 3.10. The van der Waals surface area contributed by atoms with Crippen LogP contribution in [0, 0.1) is 5.82 Å².